The fourth-order valence-corrected chi connectivity index (χ4v) is 7.18. The maximum atomic E-state index is 12.8. The highest BCUT2D eigenvalue weighted by molar-refractivity contribution is 5.68. The summed E-state index contributed by atoms with van der Waals surface area (Å²) in [4.78, 5) is 14.6. The lowest BCUT2D eigenvalue weighted by atomic mass is 9.40. The molecule has 1 atom stereocenters. The number of amides is 1. The minimum absolute atomic E-state index is 0.182. The monoisotopic (exact) mass is 382 g/mol. The predicted octanol–water partition coefficient (Wildman–Crippen LogP) is 6.01. The molecule has 0 aromatic rings. The Bertz CT molecular complexity index is 525. The fraction of sp³-hybridized carbons (Fsp3) is 0.957. The molecule has 0 aliphatic carbocycles. The van der Waals surface area contributed by atoms with Gasteiger partial charge in [-0.05, 0) is 35.0 Å². The van der Waals surface area contributed by atoms with Crippen molar-refractivity contribution < 1.29 is 9.90 Å². The first-order chi connectivity index (χ1) is 11.7. The molecule has 4 nitrogen and oxygen atoms in total. The molecule has 1 fully saturated rings. The Morgan fingerprint density at radius 3 is 1.48 bits per heavy atom. The molecule has 1 aliphatic heterocycles. The molecule has 1 rings (SSSR count). The second kappa shape index (κ2) is 6.64. The summed E-state index contributed by atoms with van der Waals surface area (Å²) >= 11 is 0. The Morgan fingerprint density at radius 2 is 1.22 bits per heavy atom. The van der Waals surface area contributed by atoms with Crippen LogP contribution < -0.4 is 5.32 Å². The molecule has 0 spiro atoms. The molecule has 0 radical (unpaired) electrons. The summed E-state index contributed by atoms with van der Waals surface area (Å²) in [5, 5.41) is 14.5. The van der Waals surface area contributed by atoms with E-state index in [-0.39, 0.29) is 27.7 Å². The Kier molecular flexibility index (Phi) is 5.97. The van der Waals surface area contributed by atoms with Gasteiger partial charge in [0, 0.05) is 12.6 Å². The van der Waals surface area contributed by atoms with Gasteiger partial charge >= 0.3 is 6.09 Å². The average molecular weight is 383 g/mol. The zero-order valence-electron chi connectivity index (χ0n) is 20.3. The van der Waals surface area contributed by atoms with E-state index in [1.165, 1.54) is 0 Å². The first kappa shape index (κ1) is 24.3. The maximum Gasteiger partial charge on any atom is 0.407 e. The van der Waals surface area contributed by atoms with Crippen LogP contribution in [0.2, 0.25) is 0 Å². The third-order valence-corrected chi connectivity index (χ3v) is 6.85. The minimum Gasteiger partial charge on any atom is -0.465 e. The summed E-state index contributed by atoms with van der Waals surface area (Å²) in [7, 11) is 0. The van der Waals surface area contributed by atoms with E-state index in [0.717, 1.165) is 6.42 Å². The van der Waals surface area contributed by atoms with Gasteiger partial charge in [-0.25, -0.2) is 4.79 Å². The highest BCUT2D eigenvalue weighted by Gasteiger charge is 2.74. The Hall–Kier alpha value is -0.770. The predicted molar refractivity (Wildman–Crippen MR) is 115 cm³/mol. The lowest BCUT2D eigenvalue weighted by Gasteiger charge is -2.73. The molecule has 0 aromatic carbocycles. The van der Waals surface area contributed by atoms with Crippen molar-refractivity contribution in [3.63, 3.8) is 0 Å². The second-order valence-electron chi connectivity index (χ2n) is 12.7. The van der Waals surface area contributed by atoms with Gasteiger partial charge < -0.3 is 10.4 Å². The lowest BCUT2D eigenvalue weighted by molar-refractivity contribution is -0.197. The maximum absolute atomic E-state index is 12.8. The van der Waals surface area contributed by atoms with E-state index in [9.17, 15) is 9.90 Å². The van der Waals surface area contributed by atoms with Crippen molar-refractivity contribution in [2.24, 2.45) is 21.7 Å². The smallest absolute Gasteiger partial charge is 0.407 e. The highest BCUT2D eigenvalue weighted by Crippen LogP contribution is 2.65. The number of carboxylic acid groups (broad SMARTS) is 1. The van der Waals surface area contributed by atoms with Crippen molar-refractivity contribution in [2.75, 3.05) is 6.54 Å². The van der Waals surface area contributed by atoms with Gasteiger partial charge in [0.2, 0.25) is 0 Å². The van der Waals surface area contributed by atoms with E-state index in [2.05, 4.69) is 95.3 Å². The van der Waals surface area contributed by atoms with Crippen LogP contribution in [0.4, 0.5) is 4.79 Å². The molecule has 0 saturated carbocycles. The SMILES string of the molecule is CC1CCN(C(=O)O)C(C(C)(C)C)(C(C)(C)C)C(C(C)(C)C)(C(C)(C)C)N1. The zero-order valence-corrected chi connectivity index (χ0v) is 20.3. The first-order valence-corrected chi connectivity index (χ1v) is 10.5. The molecule has 2 N–H and O–H groups in total. The summed E-state index contributed by atoms with van der Waals surface area (Å²) in [6.07, 6.45) is 0.00215. The minimum atomic E-state index is -0.811. The van der Waals surface area contributed by atoms with E-state index in [1.807, 2.05) is 0 Å². The number of carbonyl (C=O) groups is 1. The van der Waals surface area contributed by atoms with Crippen LogP contribution in [0.25, 0.3) is 0 Å². The lowest BCUT2D eigenvalue weighted by Crippen LogP contribution is -2.86. The van der Waals surface area contributed by atoms with E-state index in [0.29, 0.717) is 6.54 Å². The summed E-state index contributed by atoms with van der Waals surface area (Å²) in [5.74, 6) is 0. The average Bonchev–Trinajstić information content (AvgIpc) is 2.50. The van der Waals surface area contributed by atoms with Crippen molar-refractivity contribution >= 4 is 6.09 Å². The number of hydrogen-bond acceptors (Lipinski definition) is 2. The van der Waals surface area contributed by atoms with Crippen LogP contribution in [0.3, 0.4) is 0 Å². The zero-order chi connectivity index (χ0) is 21.9. The van der Waals surface area contributed by atoms with E-state index < -0.39 is 17.2 Å². The van der Waals surface area contributed by atoms with Crippen molar-refractivity contribution in [3.8, 4) is 0 Å². The molecule has 1 heterocycles. The third-order valence-electron chi connectivity index (χ3n) is 6.85. The topological polar surface area (TPSA) is 52.6 Å². The molecule has 27 heavy (non-hydrogen) atoms. The van der Waals surface area contributed by atoms with Crippen LogP contribution >= 0.6 is 0 Å². The van der Waals surface area contributed by atoms with Gasteiger partial charge in [0.25, 0.3) is 0 Å². The van der Waals surface area contributed by atoms with Crippen molar-refractivity contribution in [1.29, 1.82) is 0 Å². The number of rotatable bonds is 0. The second-order valence-corrected chi connectivity index (χ2v) is 12.7. The largest absolute Gasteiger partial charge is 0.465 e. The molecular formula is C23H46N2O2. The first-order valence-electron chi connectivity index (χ1n) is 10.5. The van der Waals surface area contributed by atoms with Crippen LogP contribution in [-0.4, -0.2) is 39.8 Å². The van der Waals surface area contributed by atoms with Crippen LogP contribution in [0.5, 0.6) is 0 Å². The third kappa shape index (κ3) is 3.30. The standard InChI is InChI=1S/C23H46N2O2/c1-16-14-15-25(17(26)27)23(20(8,9)10,21(11,12)13)22(24-16,18(2,3)4)19(5,6)7/h16,24H,14-15H2,1-13H3,(H,26,27). The Balaban J connectivity index is 4.34. The van der Waals surface area contributed by atoms with Crippen LogP contribution in [-0.2, 0) is 0 Å². The summed E-state index contributed by atoms with van der Waals surface area (Å²) in [6.45, 7) is 29.7. The van der Waals surface area contributed by atoms with Crippen LogP contribution in [0.1, 0.15) is 96.4 Å². The van der Waals surface area contributed by atoms with Crippen molar-refractivity contribution in [3.05, 3.63) is 0 Å². The molecule has 1 amide bonds. The summed E-state index contributed by atoms with van der Waals surface area (Å²) < 4.78 is 0. The van der Waals surface area contributed by atoms with Gasteiger partial charge in [0.05, 0.1) is 11.1 Å². The summed E-state index contributed by atoms with van der Waals surface area (Å²) in [6, 6.07) is 0.233. The van der Waals surface area contributed by atoms with Gasteiger partial charge in [0.15, 0.2) is 0 Å². The van der Waals surface area contributed by atoms with Gasteiger partial charge in [-0.3, -0.25) is 4.90 Å². The van der Waals surface area contributed by atoms with Gasteiger partial charge in [0.1, 0.15) is 0 Å². The van der Waals surface area contributed by atoms with Crippen LogP contribution in [0.15, 0.2) is 0 Å². The van der Waals surface area contributed by atoms with Gasteiger partial charge in [-0.1, -0.05) is 83.1 Å². The number of nitrogens with one attached hydrogen (secondary N) is 1. The molecule has 4 heteroatoms. The normalized spacial score (nSPS) is 24.5. The van der Waals surface area contributed by atoms with Crippen LogP contribution in [0, 0.1) is 21.7 Å². The molecule has 1 unspecified atom stereocenters. The van der Waals surface area contributed by atoms with E-state index in [1.54, 1.807) is 4.90 Å². The fourth-order valence-electron chi connectivity index (χ4n) is 7.18. The van der Waals surface area contributed by atoms with Gasteiger partial charge in [-0.15, -0.1) is 0 Å². The van der Waals surface area contributed by atoms with Crippen molar-refractivity contribution in [2.45, 2.75) is 114 Å². The molecule has 1 aliphatic rings. The van der Waals surface area contributed by atoms with Gasteiger partial charge in [-0.2, -0.15) is 0 Å². The quantitative estimate of drug-likeness (QED) is 0.539. The Labute approximate surface area is 168 Å². The molecule has 0 bridgehead atoms. The molecule has 1 saturated heterocycles. The van der Waals surface area contributed by atoms with E-state index >= 15 is 0 Å². The highest BCUT2D eigenvalue weighted by atomic mass is 16.4. The Morgan fingerprint density at radius 1 is 0.852 bits per heavy atom. The molecular weight excluding hydrogens is 336 g/mol. The summed E-state index contributed by atoms with van der Waals surface area (Å²) in [5.41, 5.74) is -2.04. The molecule has 160 valence electrons. The van der Waals surface area contributed by atoms with E-state index in [4.69, 9.17) is 0 Å². The molecule has 0 aromatic heterocycles. The van der Waals surface area contributed by atoms with Crippen molar-refractivity contribution in [1.82, 2.24) is 10.2 Å². The number of hydrogen-bond donors (Lipinski definition) is 2. The number of nitrogens with zero attached hydrogens (tertiary/aromatic N) is 1.